The monoisotopic (exact) mass is 861 g/mol. The third-order valence-electron chi connectivity index (χ3n) is 12.4. The van der Waals surface area contributed by atoms with E-state index in [2.05, 4.69) is 20.3 Å². The summed E-state index contributed by atoms with van der Waals surface area (Å²) in [4.78, 5) is 62.6. The van der Waals surface area contributed by atoms with Gasteiger partial charge in [-0.3, -0.25) is 19.1 Å². The minimum atomic E-state index is -4.08. The lowest BCUT2D eigenvalue weighted by atomic mass is 10.0. The summed E-state index contributed by atoms with van der Waals surface area (Å²) in [6, 6.07) is 2.37. The number of alkyl carbamates (subject to hydrolysis) is 1. The van der Waals surface area contributed by atoms with Crippen molar-refractivity contribution >= 4 is 44.6 Å². The second-order valence-electron chi connectivity index (χ2n) is 17.2. The number of alkyl halides is 2. The fourth-order valence-corrected chi connectivity index (χ4v) is 9.08. The smallest absolute Gasteiger partial charge is 0.408 e. The second kappa shape index (κ2) is 15.9. The van der Waals surface area contributed by atoms with Crippen LogP contribution in [0.1, 0.15) is 86.5 Å². The first kappa shape index (κ1) is 43.3. The number of nitrogens with zero attached hydrogens (tertiary/aromatic N) is 2. The molecular weight excluding hydrogens is 809 g/mol. The Balaban J connectivity index is 1.24. The topological polar surface area (TPSA) is 201 Å². The third kappa shape index (κ3) is 8.43. The molecule has 0 bridgehead atoms. The summed E-state index contributed by atoms with van der Waals surface area (Å²) in [6.07, 6.45) is 3.29. The molecule has 7 atom stereocenters. The van der Waals surface area contributed by atoms with Gasteiger partial charge in [0.15, 0.2) is 17.1 Å². The first-order valence-electron chi connectivity index (χ1n) is 20.4. The molecule has 0 spiro atoms. The van der Waals surface area contributed by atoms with Gasteiger partial charge in [0.25, 0.3) is 11.8 Å². The average Bonchev–Trinajstić information content (AvgIpc) is 4.07. The molecule has 7 rings (SSSR count). The Morgan fingerprint density at radius 1 is 1.10 bits per heavy atom. The number of rotatable bonds is 9. The molecule has 4 amide bonds. The molecule has 1 aromatic carbocycles. The number of sulfonamides is 1. The van der Waals surface area contributed by atoms with Crippen molar-refractivity contribution in [2.75, 3.05) is 19.8 Å². The van der Waals surface area contributed by atoms with Crippen LogP contribution in [-0.4, -0.2) is 114 Å². The summed E-state index contributed by atoms with van der Waals surface area (Å²) >= 11 is 0. The van der Waals surface area contributed by atoms with Gasteiger partial charge < -0.3 is 39.2 Å². The highest BCUT2D eigenvalue weighted by atomic mass is 32.2. The van der Waals surface area contributed by atoms with E-state index in [4.69, 9.17) is 23.7 Å². The molecule has 0 radical (unpaired) electrons. The molecule has 3 N–H and O–H groups in total. The minimum absolute atomic E-state index is 0.0990. The molecule has 19 heteroatoms. The van der Waals surface area contributed by atoms with Crippen LogP contribution in [0.4, 0.5) is 13.6 Å². The number of halogens is 2. The van der Waals surface area contributed by atoms with Gasteiger partial charge >= 0.3 is 6.09 Å². The molecule has 60 heavy (non-hydrogen) atoms. The van der Waals surface area contributed by atoms with Crippen LogP contribution >= 0.6 is 0 Å². The van der Waals surface area contributed by atoms with E-state index in [1.807, 2.05) is 6.08 Å². The Morgan fingerprint density at radius 2 is 1.83 bits per heavy atom. The van der Waals surface area contributed by atoms with Crippen molar-refractivity contribution < 1.29 is 60.1 Å². The molecule has 4 heterocycles. The van der Waals surface area contributed by atoms with Crippen LogP contribution in [-0.2, 0) is 33.9 Å². The van der Waals surface area contributed by atoms with E-state index in [9.17, 15) is 36.4 Å². The predicted octanol–water partition coefficient (Wildman–Crippen LogP) is 4.29. The van der Waals surface area contributed by atoms with Crippen LogP contribution in [0.25, 0.3) is 10.8 Å². The van der Waals surface area contributed by atoms with Gasteiger partial charge in [-0.15, -0.1) is 0 Å². The Kier molecular flexibility index (Phi) is 11.5. The molecule has 1 saturated heterocycles. The molecule has 5 aliphatic rings. The number of pyridine rings is 1. The summed E-state index contributed by atoms with van der Waals surface area (Å²) in [7, 11) is -4.08. The Morgan fingerprint density at radius 3 is 2.53 bits per heavy atom. The van der Waals surface area contributed by atoms with Gasteiger partial charge in [-0.25, -0.2) is 27.0 Å². The highest BCUT2D eigenvalue weighted by Crippen LogP contribution is 2.48. The first-order chi connectivity index (χ1) is 28.2. The van der Waals surface area contributed by atoms with E-state index >= 15 is 0 Å². The highest BCUT2D eigenvalue weighted by molar-refractivity contribution is 7.91. The van der Waals surface area contributed by atoms with Crippen LogP contribution < -0.4 is 29.6 Å². The average molecular weight is 862 g/mol. The molecule has 0 unspecified atom stereocenters. The van der Waals surface area contributed by atoms with Crippen molar-refractivity contribution in [2.24, 2.45) is 5.92 Å². The highest BCUT2D eigenvalue weighted by Gasteiger charge is 2.63. The van der Waals surface area contributed by atoms with E-state index in [0.717, 1.165) is 13.8 Å². The number of hydrogen-bond acceptors (Lipinski definition) is 12. The lowest BCUT2D eigenvalue weighted by Crippen LogP contribution is -2.61. The molecule has 3 fully saturated rings. The number of aromatic nitrogens is 1. The number of benzene rings is 1. The van der Waals surface area contributed by atoms with Gasteiger partial charge in [-0.05, 0) is 84.4 Å². The molecule has 328 valence electrons. The number of carbonyl (C=O) groups excluding carboxylic acids is 4. The zero-order valence-electron chi connectivity index (χ0n) is 34.5. The lowest BCUT2D eigenvalue weighted by Gasteiger charge is -2.35. The number of allylic oxidation sites excluding steroid dienone is 1. The second-order valence-corrected chi connectivity index (χ2v) is 19.4. The van der Waals surface area contributed by atoms with Crippen LogP contribution in [0.5, 0.6) is 17.4 Å². The van der Waals surface area contributed by atoms with Crippen LogP contribution in [0.3, 0.4) is 0 Å². The van der Waals surface area contributed by atoms with Gasteiger partial charge in [0.1, 0.15) is 36.9 Å². The van der Waals surface area contributed by atoms with Crippen molar-refractivity contribution in [3.8, 4) is 17.4 Å². The van der Waals surface area contributed by atoms with Gasteiger partial charge in [0, 0.05) is 36.2 Å². The number of fused-ring (bicyclic) bond motifs is 5. The maximum Gasteiger partial charge on any atom is 0.408 e. The molecule has 3 aliphatic heterocycles. The predicted molar refractivity (Wildman–Crippen MR) is 212 cm³/mol. The number of ether oxygens (including phenoxy) is 5. The largest absolute Gasteiger partial charge is 0.486 e. The van der Waals surface area contributed by atoms with Gasteiger partial charge in [-0.1, -0.05) is 19.1 Å². The van der Waals surface area contributed by atoms with Crippen molar-refractivity contribution in [2.45, 2.75) is 139 Å². The molecule has 2 aliphatic carbocycles. The summed E-state index contributed by atoms with van der Waals surface area (Å²) in [6.45, 7) is 8.26. The Bertz CT molecular complexity index is 2180. The SMILES string of the molecule is CC[C@@H]1O[C@H](C)CC/C=C\[C@@H]2C[C@@]2(C(=O)NS(=O)(=O)C2(C)CC2)NC(=O)[C@@H]2C[C@@H](Oc3nccc4c5c(ccc34)OCCO5)CN2C(=O)[C@H]1NC(=O)OC(C)(C)C(C)(F)F. The number of carbonyl (C=O) groups is 4. The molecule has 2 aromatic rings. The van der Waals surface area contributed by atoms with E-state index in [-0.39, 0.29) is 31.7 Å². The standard InChI is InChI=1S/C41H53F2N5O11S/c1-7-29-31(45-37(52)59-38(3,4)40(6,42)43)35(50)48-22-25(58-34-27-12-13-30-32(56-19-18-55-30)26(27)14-17-44-34)20-28(48)33(49)46-41(21-24(41)11-9-8-10-23(2)57-29)36(51)47-60(53,54)39(5)15-16-39/h9,11-14,17,23-25,28-29,31H,7-8,10,15-16,18-22H2,1-6H3,(H,45,52)(H,46,49)(H,47,51)/b11-9-/t23-,24-,25-,28+,29+,31+,41-/m1/s1. The van der Waals surface area contributed by atoms with E-state index in [0.29, 0.717) is 68.1 Å². The summed E-state index contributed by atoms with van der Waals surface area (Å²) in [5.41, 5.74) is -3.91. The zero-order chi connectivity index (χ0) is 43.4. The maximum absolute atomic E-state index is 14.9. The molecule has 1 aromatic heterocycles. The zero-order valence-corrected chi connectivity index (χ0v) is 35.4. The van der Waals surface area contributed by atoms with Crippen molar-refractivity contribution in [3.63, 3.8) is 0 Å². The Hall–Kier alpha value is -4.78. The summed E-state index contributed by atoms with van der Waals surface area (Å²) in [5.74, 6) is -5.23. The van der Waals surface area contributed by atoms with Gasteiger partial charge in [-0.2, -0.15) is 0 Å². The maximum atomic E-state index is 14.9. The summed E-state index contributed by atoms with van der Waals surface area (Å²) < 4.78 is 86.1. The van der Waals surface area contributed by atoms with Crippen molar-refractivity contribution in [1.82, 2.24) is 25.2 Å². The van der Waals surface area contributed by atoms with E-state index in [1.54, 1.807) is 45.0 Å². The number of nitrogens with one attached hydrogen (secondary N) is 3. The normalized spacial score (nSPS) is 29.8. The van der Waals surface area contributed by atoms with Gasteiger partial charge in [0.2, 0.25) is 27.7 Å². The van der Waals surface area contributed by atoms with E-state index in [1.165, 1.54) is 11.1 Å². The van der Waals surface area contributed by atoms with Crippen molar-refractivity contribution in [1.29, 1.82) is 0 Å². The number of hydrogen-bond donors (Lipinski definition) is 3. The lowest BCUT2D eigenvalue weighted by molar-refractivity contribution is -0.153. The summed E-state index contributed by atoms with van der Waals surface area (Å²) in [5, 5.41) is 6.53. The fraction of sp³-hybridized carbons (Fsp3) is 0.634. The van der Waals surface area contributed by atoms with Crippen LogP contribution in [0.15, 0.2) is 36.5 Å². The van der Waals surface area contributed by atoms with Crippen molar-refractivity contribution in [3.05, 3.63) is 36.5 Å². The van der Waals surface area contributed by atoms with Crippen LogP contribution in [0, 0.1) is 5.92 Å². The third-order valence-corrected chi connectivity index (χ3v) is 14.5. The Labute approximate surface area is 347 Å². The molecular formula is C41H53F2N5O11S. The molecule has 16 nitrogen and oxygen atoms in total. The minimum Gasteiger partial charge on any atom is -0.486 e. The van der Waals surface area contributed by atoms with Crippen LogP contribution in [0.2, 0.25) is 0 Å². The first-order valence-corrected chi connectivity index (χ1v) is 21.9. The quantitative estimate of drug-likeness (QED) is 0.303. The number of amides is 4. The van der Waals surface area contributed by atoms with Gasteiger partial charge in [0.05, 0.1) is 23.5 Å². The molecule has 2 saturated carbocycles. The van der Waals surface area contributed by atoms with E-state index < -0.39 is 92.0 Å². The fourth-order valence-electron chi connectivity index (χ4n) is 7.77.